The topological polar surface area (TPSA) is 66.8 Å². The Balaban J connectivity index is 2.04. The standard InChI is InChI=1S/C21H16ClNO4S/c22-17-13-7-8-14-18(17)23-21(27-24)19(15-9-3-1-4-10-15)20(28(23,25)26)16-11-5-2-6-12-16/h1-14,21,24H. The van der Waals surface area contributed by atoms with Crippen LogP contribution in [0, 0.1) is 0 Å². The predicted octanol–water partition coefficient (Wildman–Crippen LogP) is 4.87. The molecule has 0 aliphatic carbocycles. The van der Waals surface area contributed by atoms with Crippen LogP contribution in [0.4, 0.5) is 5.69 Å². The van der Waals surface area contributed by atoms with Crippen molar-refractivity contribution < 1.29 is 18.6 Å². The molecule has 1 aliphatic heterocycles. The van der Waals surface area contributed by atoms with Gasteiger partial charge in [0.25, 0.3) is 10.0 Å². The zero-order valence-electron chi connectivity index (χ0n) is 14.6. The minimum Gasteiger partial charge on any atom is -0.249 e. The van der Waals surface area contributed by atoms with Crippen molar-refractivity contribution in [2.75, 3.05) is 4.31 Å². The molecule has 0 aromatic heterocycles. The minimum absolute atomic E-state index is 0.0678. The lowest BCUT2D eigenvalue weighted by Crippen LogP contribution is -2.36. The van der Waals surface area contributed by atoms with Gasteiger partial charge in [-0.1, -0.05) is 84.4 Å². The van der Waals surface area contributed by atoms with Gasteiger partial charge in [0.15, 0.2) is 0 Å². The number of hydrogen-bond donors (Lipinski definition) is 1. The van der Waals surface area contributed by atoms with Gasteiger partial charge in [-0.2, -0.15) is 0 Å². The third-order valence-corrected chi connectivity index (χ3v) is 6.73. The molecule has 1 atom stereocenters. The largest absolute Gasteiger partial charge is 0.267 e. The first kappa shape index (κ1) is 18.7. The van der Waals surface area contributed by atoms with Gasteiger partial charge < -0.3 is 0 Å². The molecule has 1 unspecified atom stereocenters. The van der Waals surface area contributed by atoms with Crippen molar-refractivity contribution in [3.8, 4) is 0 Å². The molecule has 3 aromatic carbocycles. The number of hydrogen-bond acceptors (Lipinski definition) is 4. The van der Waals surface area contributed by atoms with Crippen molar-refractivity contribution in [1.29, 1.82) is 0 Å². The zero-order chi connectivity index (χ0) is 19.7. The van der Waals surface area contributed by atoms with Gasteiger partial charge >= 0.3 is 0 Å². The Morgan fingerprint density at radius 3 is 1.93 bits per heavy atom. The Kier molecular flexibility index (Phi) is 4.95. The van der Waals surface area contributed by atoms with Crippen LogP contribution in [-0.2, 0) is 14.9 Å². The Bertz CT molecular complexity index is 1130. The number of halogens is 1. The first-order valence-corrected chi connectivity index (χ1v) is 10.3. The number of rotatable bonds is 4. The second kappa shape index (κ2) is 7.41. The van der Waals surface area contributed by atoms with E-state index in [1.165, 1.54) is 0 Å². The van der Waals surface area contributed by atoms with E-state index < -0.39 is 16.3 Å². The van der Waals surface area contributed by atoms with Crippen LogP contribution in [0.2, 0.25) is 5.02 Å². The second-order valence-electron chi connectivity index (χ2n) is 6.18. The SMILES string of the molecule is O=S1(=O)C(c2ccccc2)=C(c2ccccc2)C(OO)N1c1ccccc1Cl. The summed E-state index contributed by atoms with van der Waals surface area (Å²) in [5, 5.41) is 9.97. The number of para-hydroxylation sites is 1. The lowest BCUT2D eigenvalue weighted by molar-refractivity contribution is -0.259. The van der Waals surface area contributed by atoms with Crippen LogP contribution >= 0.6 is 11.6 Å². The molecule has 5 nitrogen and oxygen atoms in total. The average molecular weight is 414 g/mol. The first-order chi connectivity index (χ1) is 13.6. The molecule has 1 heterocycles. The highest BCUT2D eigenvalue weighted by Gasteiger charge is 2.47. The fraction of sp³-hybridized carbons (Fsp3) is 0.0476. The summed E-state index contributed by atoms with van der Waals surface area (Å²) in [6.07, 6.45) is -1.28. The summed E-state index contributed by atoms with van der Waals surface area (Å²) < 4.78 is 28.2. The smallest absolute Gasteiger partial charge is 0.249 e. The van der Waals surface area contributed by atoms with Crippen molar-refractivity contribution >= 4 is 37.8 Å². The number of sulfonamides is 1. The van der Waals surface area contributed by atoms with Crippen LogP contribution in [0.5, 0.6) is 0 Å². The third-order valence-electron chi connectivity index (χ3n) is 4.53. The molecule has 3 aromatic rings. The van der Waals surface area contributed by atoms with E-state index in [1.807, 2.05) is 6.07 Å². The fourth-order valence-corrected chi connectivity index (χ4v) is 5.58. The normalized spacial score (nSPS) is 18.5. The molecular formula is C21H16ClNO4S. The van der Waals surface area contributed by atoms with Crippen LogP contribution < -0.4 is 4.31 Å². The van der Waals surface area contributed by atoms with E-state index >= 15 is 0 Å². The monoisotopic (exact) mass is 413 g/mol. The fourth-order valence-electron chi connectivity index (χ4n) is 3.36. The molecular weight excluding hydrogens is 398 g/mol. The quantitative estimate of drug-likeness (QED) is 0.489. The maximum absolute atomic E-state index is 13.6. The van der Waals surface area contributed by atoms with Crippen LogP contribution in [0.1, 0.15) is 11.1 Å². The third kappa shape index (κ3) is 3.00. The van der Waals surface area contributed by atoms with Crippen molar-refractivity contribution in [2.24, 2.45) is 0 Å². The molecule has 0 spiro atoms. The highest BCUT2D eigenvalue weighted by Crippen LogP contribution is 2.47. The van der Waals surface area contributed by atoms with Crippen molar-refractivity contribution in [2.45, 2.75) is 6.23 Å². The van der Waals surface area contributed by atoms with Gasteiger partial charge in [-0.3, -0.25) is 0 Å². The van der Waals surface area contributed by atoms with Crippen LogP contribution in [0.25, 0.3) is 10.5 Å². The van der Waals surface area contributed by atoms with Gasteiger partial charge in [0.1, 0.15) is 4.91 Å². The number of nitrogens with zero attached hydrogens (tertiary/aromatic N) is 1. The Hall–Kier alpha value is -2.64. The van der Waals surface area contributed by atoms with Gasteiger partial charge in [0, 0.05) is 5.57 Å². The van der Waals surface area contributed by atoms with Crippen molar-refractivity contribution in [3.63, 3.8) is 0 Å². The van der Waals surface area contributed by atoms with E-state index in [0.717, 1.165) is 4.31 Å². The maximum Gasteiger partial charge on any atom is 0.267 e. The van der Waals surface area contributed by atoms with Crippen LogP contribution in [-0.4, -0.2) is 19.9 Å². The molecule has 1 aliphatic rings. The summed E-state index contributed by atoms with van der Waals surface area (Å²) in [6, 6.07) is 24.2. The van der Waals surface area contributed by atoms with Crippen molar-refractivity contribution in [1.82, 2.24) is 0 Å². The van der Waals surface area contributed by atoms with Crippen LogP contribution in [0.15, 0.2) is 84.9 Å². The van der Waals surface area contributed by atoms with E-state index in [4.69, 9.17) is 16.5 Å². The van der Waals surface area contributed by atoms with E-state index in [0.29, 0.717) is 16.7 Å². The van der Waals surface area contributed by atoms with Gasteiger partial charge in [0.05, 0.1) is 10.7 Å². The molecule has 0 saturated carbocycles. The van der Waals surface area contributed by atoms with Gasteiger partial charge in [-0.05, 0) is 23.3 Å². The summed E-state index contributed by atoms with van der Waals surface area (Å²) in [7, 11) is -4.07. The Morgan fingerprint density at radius 2 is 1.36 bits per heavy atom. The maximum atomic E-state index is 13.6. The minimum atomic E-state index is -4.07. The van der Waals surface area contributed by atoms with Gasteiger partial charge in [0.2, 0.25) is 6.23 Å². The number of anilines is 1. The first-order valence-electron chi connectivity index (χ1n) is 8.50. The molecule has 0 saturated heterocycles. The van der Waals surface area contributed by atoms with E-state index in [-0.39, 0.29) is 15.6 Å². The predicted molar refractivity (Wildman–Crippen MR) is 110 cm³/mol. The highest BCUT2D eigenvalue weighted by molar-refractivity contribution is 8.02. The molecule has 0 fully saturated rings. The van der Waals surface area contributed by atoms with Crippen LogP contribution in [0.3, 0.4) is 0 Å². The average Bonchev–Trinajstić information content (AvgIpc) is 2.96. The Morgan fingerprint density at radius 1 is 0.821 bits per heavy atom. The van der Waals surface area contributed by atoms with E-state index in [2.05, 4.69) is 0 Å². The molecule has 0 radical (unpaired) electrons. The molecule has 0 bridgehead atoms. The zero-order valence-corrected chi connectivity index (χ0v) is 16.1. The molecule has 4 rings (SSSR count). The summed E-state index contributed by atoms with van der Waals surface area (Å²) >= 11 is 6.28. The summed E-state index contributed by atoms with van der Waals surface area (Å²) in [6.45, 7) is 0. The second-order valence-corrected chi connectivity index (χ2v) is 8.34. The summed E-state index contributed by atoms with van der Waals surface area (Å²) in [5.74, 6) is 0. The molecule has 28 heavy (non-hydrogen) atoms. The molecule has 1 N–H and O–H groups in total. The van der Waals surface area contributed by atoms with E-state index in [9.17, 15) is 13.7 Å². The lowest BCUT2D eigenvalue weighted by atomic mass is 10.0. The lowest BCUT2D eigenvalue weighted by Gasteiger charge is -2.25. The van der Waals surface area contributed by atoms with E-state index in [1.54, 1.807) is 78.9 Å². The molecule has 0 amide bonds. The van der Waals surface area contributed by atoms with Crippen molar-refractivity contribution in [3.05, 3.63) is 101 Å². The highest BCUT2D eigenvalue weighted by atomic mass is 35.5. The summed E-state index contributed by atoms with van der Waals surface area (Å²) in [5.41, 5.74) is 1.69. The molecule has 142 valence electrons. The van der Waals surface area contributed by atoms with Gasteiger partial charge in [-0.15, -0.1) is 0 Å². The summed E-state index contributed by atoms with van der Waals surface area (Å²) in [4.78, 5) is 4.79. The van der Waals surface area contributed by atoms with Gasteiger partial charge in [-0.25, -0.2) is 22.9 Å². The Labute approximate surface area is 168 Å². The molecule has 7 heteroatoms. The number of benzene rings is 3.